The Bertz CT molecular complexity index is 720. The average Bonchev–Trinajstić information content (AvgIpc) is 3.22. The number of methoxy groups -OCH3 is 1. The lowest BCUT2D eigenvalue weighted by Gasteiger charge is -2.31. The molecule has 1 aliphatic carbocycles. The molecule has 1 saturated carbocycles. The van der Waals surface area contributed by atoms with Crippen LogP contribution in [0.1, 0.15) is 44.1 Å². The third-order valence-corrected chi connectivity index (χ3v) is 5.55. The van der Waals surface area contributed by atoms with Crippen LogP contribution in [0.5, 0.6) is 11.5 Å². The summed E-state index contributed by atoms with van der Waals surface area (Å²) in [7, 11) is 1.40. The van der Waals surface area contributed by atoms with Crippen LogP contribution in [-0.2, 0) is 11.3 Å². The molecule has 1 amide bonds. The second-order valence-corrected chi connectivity index (χ2v) is 7.61. The maximum absolute atomic E-state index is 14.6. The largest absolute Gasteiger partial charge is 0.496 e. The fraction of sp³-hybridized carbons (Fsp3) is 0.650. The van der Waals surface area contributed by atoms with Crippen LogP contribution in [0.15, 0.2) is 12.1 Å². The molecule has 162 valence electrons. The van der Waals surface area contributed by atoms with Crippen molar-refractivity contribution in [2.45, 2.75) is 63.4 Å². The van der Waals surface area contributed by atoms with Gasteiger partial charge in [0.15, 0.2) is 11.6 Å². The number of carbonyl (C=O) groups excluding carboxylic acids is 1. The van der Waals surface area contributed by atoms with Gasteiger partial charge in [-0.05, 0) is 51.1 Å². The van der Waals surface area contributed by atoms with Gasteiger partial charge in [0.1, 0.15) is 5.75 Å². The molecule has 0 radical (unpaired) electrons. The molecule has 1 aromatic rings. The van der Waals surface area contributed by atoms with Crippen LogP contribution in [0.2, 0.25) is 0 Å². The Labute approximate surface area is 167 Å². The number of benzene rings is 1. The van der Waals surface area contributed by atoms with Gasteiger partial charge < -0.3 is 20.1 Å². The van der Waals surface area contributed by atoms with Crippen LogP contribution in [-0.4, -0.2) is 37.9 Å². The number of amides is 1. The highest BCUT2D eigenvalue weighted by Gasteiger charge is 2.42. The molecule has 2 fully saturated rings. The van der Waals surface area contributed by atoms with Crippen molar-refractivity contribution in [3.8, 4) is 11.5 Å². The van der Waals surface area contributed by atoms with Crippen molar-refractivity contribution >= 4 is 5.91 Å². The lowest BCUT2D eigenvalue weighted by atomic mass is 9.86. The minimum Gasteiger partial charge on any atom is -0.496 e. The smallest absolute Gasteiger partial charge is 0.391 e. The third-order valence-electron chi connectivity index (χ3n) is 5.55. The molecule has 3 unspecified atom stereocenters. The number of hydrogen-bond acceptors (Lipinski definition) is 4. The first-order chi connectivity index (χ1) is 13.8. The van der Waals surface area contributed by atoms with E-state index in [1.165, 1.54) is 19.2 Å². The van der Waals surface area contributed by atoms with Crippen LogP contribution < -0.4 is 20.1 Å². The molecule has 0 aromatic heterocycles. The van der Waals surface area contributed by atoms with Crippen molar-refractivity contribution in [3.63, 3.8) is 0 Å². The zero-order valence-corrected chi connectivity index (χ0v) is 16.3. The average molecular weight is 418 g/mol. The van der Waals surface area contributed by atoms with Crippen molar-refractivity contribution in [2.75, 3.05) is 13.7 Å². The van der Waals surface area contributed by atoms with Gasteiger partial charge in [0.2, 0.25) is 5.91 Å². The van der Waals surface area contributed by atoms with Crippen LogP contribution in [0.3, 0.4) is 0 Å². The van der Waals surface area contributed by atoms with E-state index in [1.54, 1.807) is 0 Å². The van der Waals surface area contributed by atoms with Crippen molar-refractivity contribution in [3.05, 3.63) is 23.5 Å². The SMILES string of the molecule is COc1cc(OC2CCCC(C(F)(F)F)C2)c(F)cc1CNC(=O)C1CCCN1. The number of halogens is 4. The second-order valence-electron chi connectivity index (χ2n) is 7.61. The van der Waals surface area contributed by atoms with Gasteiger partial charge in [-0.3, -0.25) is 4.79 Å². The third kappa shape index (κ3) is 5.52. The molecule has 1 aliphatic heterocycles. The summed E-state index contributed by atoms with van der Waals surface area (Å²) in [4.78, 5) is 12.1. The van der Waals surface area contributed by atoms with Crippen molar-refractivity contribution in [1.29, 1.82) is 0 Å². The van der Waals surface area contributed by atoms with E-state index in [9.17, 15) is 22.4 Å². The first-order valence-corrected chi connectivity index (χ1v) is 9.88. The number of alkyl halides is 3. The van der Waals surface area contributed by atoms with Crippen LogP contribution in [0.25, 0.3) is 0 Å². The van der Waals surface area contributed by atoms with Crippen LogP contribution in [0.4, 0.5) is 17.6 Å². The van der Waals surface area contributed by atoms with Gasteiger partial charge in [0.25, 0.3) is 0 Å². The van der Waals surface area contributed by atoms with E-state index in [-0.39, 0.29) is 37.1 Å². The zero-order valence-electron chi connectivity index (χ0n) is 16.3. The monoisotopic (exact) mass is 418 g/mol. The number of rotatable bonds is 6. The van der Waals surface area contributed by atoms with Gasteiger partial charge in [0, 0.05) is 18.2 Å². The summed E-state index contributed by atoms with van der Waals surface area (Å²) in [6, 6.07) is 2.28. The van der Waals surface area contributed by atoms with Gasteiger partial charge in [0.05, 0.1) is 25.2 Å². The molecule has 2 N–H and O–H groups in total. The van der Waals surface area contributed by atoms with E-state index in [2.05, 4.69) is 10.6 Å². The topological polar surface area (TPSA) is 59.6 Å². The molecule has 3 atom stereocenters. The second kappa shape index (κ2) is 9.19. The van der Waals surface area contributed by atoms with Crippen LogP contribution in [0, 0.1) is 11.7 Å². The molecule has 9 heteroatoms. The normalized spacial score (nSPS) is 24.9. The lowest BCUT2D eigenvalue weighted by Crippen LogP contribution is -2.40. The standard InChI is InChI=1S/C20H26F4N2O3/c1-28-17-10-18(29-14-5-2-4-13(9-14)20(22,23)24)15(21)8-12(17)11-26-19(27)16-6-3-7-25-16/h8,10,13-14,16,25H,2-7,9,11H2,1H3,(H,26,27). The van der Waals surface area contributed by atoms with Gasteiger partial charge in [-0.1, -0.05) is 0 Å². The first kappa shape index (κ1) is 21.7. The predicted molar refractivity (Wildman–Crippen MR) is 98.3 cm³/mol. The summed E-state index contributed by atoms with van der Waals surface area (Å²) < 4.78 is 64.3. The molecule has 0 bridgehead atoms. The molecule has 1 heterocycles. The Balaban J connectivity index is 1.65. The fourth-order valence-corrected chi connectivity index (χ4v) is 3.94. The Hall–Kier alpha value is -2.03. The number of ether oxygens (including phenoxy) is 2. The Morgan fingerprint density at radius 1 is 1.21 bits per heavy atom. The molecular weight excluding hydrogens is 392 g/mol. The van der Waals surface area contributed by atoms with Crippen LogP contribution >= 0.6 is 0 Å². The van der Waals surface area contributed by atoms with E-state index >= 15 is 0 Å². The molecule has 3 rings (SSSR count). The highest BCUT2D eigenvalue weighted by Crippen LogP contribution is 2.39. The summed E-state index contributed by atoms with van der Waals surface area (Å²) in [6.45, 7) is 0.870. The first-order valence-electron chi connectivity index (χ1n) is 9.88. The van der Waals surface area contributed by atoms with Gasteiger partial charge >= 0.3 is 6.18 Å². The van der Waals surface area contributed by atoms with E-state index in [0.717, 1.165) is 19.4 Å². The molecule has 2 aliphatic rings. The highest BCUT2D eigenvalue weighted by molar-refractivity contribution is 5.82. The Morgan fingerprint density at radius 2 is 2.00 bits per heavy atom. The lowest BCUT2D eigenvalue weighted by molar-refractivity contribution is -0.188. The van der Waals surface area contributed by atoms with Gasteiger partial charge in [-0.2, -0.15) is 13.2 Å². The minimum absolute atomic E-state index is 0.0731. The van der Waals surface area contributed by atoms with Crippen molar-refractivity contribution in [1.82, 2.24) is 10.6 Å². The Kier molecular flexibility index (Phi) is 6.87. The number of nitrogens with one attached hydrogen (secondary N) is 2. The fourth-order valence-electron chi connectivity index (χ4n) is 3.94. The maximum Gasteiger partial charge on any atom is 0.391 e. The summed E-state index contributed by atoms with van der Waals surface area (Å²) >= 11 is 0. The minimum atomic E-state index is -4.27. The quantitative estimate of drug-likeness (QED) is 0.692. The van der Waals surface area contributed by atoms with E-state index < -0.39 is 24.0 Å². The molecule has 0 spiro atoms. The predicted octanol–water partition coefficient (Wildman–Crippen LogP) is 3.70. The van der Waals surface area contributed by atoms with Gasteiger partial charge in [-0.25, -0.2) is 4.39 Å². The highest BCUT2D eigenvalue weighted by atomic mass is 19.4. The van der Waals surface area contributed by atoms with E-state index in [4.69, 9.17) is 9.47 Å². The number of hydrogen-bond donors (Lipinski definition) is 2. The molecular formula is C20H26F4N2O3. The molecule has 29 heavy (non-hydrogen) atoms. The number of carbonyl (C=O) groups is 1. The van der Waals surface area contributed by atoms with Gasteiger partial charge in [-0.15, -0.1) is 0 Å². The maximum atomic E-state index is 14.6. The molecule has 1 saturated heterocycles. The zero-order chi connectivity index (χ0) is 21.0. The van der Waals surface area contributed by atoms with E-state index in [0.29, 0.717) is 24.2 Å². The summed E-state index contributed by atoms with van der Waals surface area (Å²) in [6.07, 6.45) is -2.57. The summed E-state index contributed by atoms with van der Waals surface area (Å²) in [5.41, 5.74) is 0.431. The van der Waals surface area contributed by atoms with E-state index in [1.807, 2.05) is 0 Å². The summed E-state index contributed by atoms with van der Waals surface area (Å²) in [5, 5.41) is 5.84. The molecule has 1 aromatic carbocycles. The Morgan fingerprint density at radius 3 is 2.66 bits per heavy atom. The van der Waals surface area contributed by atoms with Crippen molar-refractivity contribution in [2.24, 2.45) is 5.92 Å². The molecule has 5 nitrogen and oxygen atoms in total. The van der Waals surface area contributed by atoms with Crippen molar-refractivity contribution < 1.29 is 31.8 Å². The summed E-state index contributed by atoms with van der Waals surface area (Å²) in [5.74, 6) is -2.11.